The average molecular weight is 477 g/mol. The number of carbonyl (C=O) groups is 1. The molecule has 1 N–H and O–H groups in total. The van der Waals surface area contributed by atoms with Gasteiger partial charge in [-0.1, -0.05) is 78.0 Å². The molecule has 4 rings (SSSR count). The number of nitrogens with zero attached hydrogens (tertiary/aromatic N) is 3. The smallest absolute Gasteiger partial charge is 0.233 e. The zero-order valence-corrected chi connectivity index (χ0v) is 20.5. The molecule has 1 amide bonds. The summed E-state index contributed by atoms with van der Waals surface area (Å²) in [5.74, 6) is 0.932. The minimum atomic E-state index is -0.273. The maximum atomic E-state index is 12.8. The van der Waals surface area contributed by atoms with Crippen molar-refractivity contribution in [3.05, 3.63) is 99.5 Å². The molecule has 0 spiro atoms. The number of thiophene rings is 1. The number of nitrogens with one attached hydrogen (secondary N) is 1. The second-order valence-corrected chi connectivity index (χ2v) is 10.3. The highest BCUT2D eigenvalue weighted by Gasteiger charge is 2.20. The van der Waals surface area contributed by atoms with Gasteiger partial charge < -0.3 is 9.88 Å². The van der Waals surface area contributed by atoms with Crippen molar-refractivity contribution in [2.45, 2.75) is 50.2 Å². The number of benzene rings is 2. The number of hydrogen-bond acceptors (Lipinski definition) is 5. The Balaban J connectivity index is 1.44. The molecule has 0 saturated carbocycles. The molecular weight excluding hydrogens is 448 g/mol. The molecule has 0 bridgehead atoms. The van der Waals surface area contributed by atoms with Crippen molar-refractivity contribution in [2.75, 3.05) is 0 Å². The summed E-state index contributed by atoms with van der Waals surface area (Å²) in [5, 5.41) is 14.6. The van der Waals surface area contributed by atoms with Crippen molar-refractivity contribution >= 4 is 29.0 Å². The van der Waals surface area contributed by atoms with Gasteiger partial charge in [0.15, 0.2) is 5.16 Å². The lowest BCUT2D eigenvalue weighted by Crippen LogP contribution is -2.30. The first kappa shape index (κ1) is 23.3. The lowest BCUT2D eigenvalue weighted by atomic mass is 10.1. The maximum absolute atomic E-state index is 12.8. The third kappa shape index (κ3) is 6.55. The Bertz CT molecular complexity index is 1150. The first-order chi connectivity index (χ1) is 16.1. The third-order valence-corrected chi connectivity index (χ3v) is 7.37. The molecule has 5 nitrogen and oxygen atoms in total. The van der Waals surface area contributed by atoms with Gasteiger partial charge in [0.25, 0.3) is 0 Å². The van der Waals surface area contributed by atoms with E-state index >= 15 is 0 Å². The van der Waals surface area contributed by atoms with Gasteiger partial charge in [-0.3, -0.25) is 4.79 Å². The second kappa shape index (κ2) is 11.3. The predicted octanol–water partition coefficient (Wildman–Crippen LogP) is 5.28. The Morgan fingerprint density at radius 1 is 1.03 bits per heavy atom. The van der Waals surface area contributed by atoms with Crippen LogP contribution in [0.2, 0.25) is 0 Å². The lowest BCUT2D eigenvalue weighted by molar-refractivity contribution is -0.120. The molecule has 1 unspecified atom stereocenters. The molecule has 33 heavy (non-hydrogen) atoms. The molecule has 2 aromatic carbocycles. The van der Waals surface area contributed by atoms with Gasteiger partial charge >= 0.3 is 0 Å². The van der Waals surface area contributed by atoms with Crippen LogP contribution in [0.4, 0.5) is 0 Å². The molecule has 0 aliphatic heterocycles. The molecule has 0 aliphatic carbocycles. The predicted molar refractivity (Wildman–Crippen MR) is 136 cm³/mol. The Morgan fingerprint density at radius 2 is 1.82 bits per heavy atom. The molecule has 0 saturated heterocycles. The molecule has 4 aromatic rings. The fourth-order valence-electron chi connectivity index (χ4n) is 3.47. The highest BCUT2D eigenvalue weighted by molar-refractivity contribution is 8.00. The molecule has 0 radical (unpaired) electrons. The number of hydrogen-bond donors (Lipinski definition) is 1. The zero-order chi connectivity index (χ0) is 23.0. The molecule has 7 heteroatoms. The molecule has 170 valence electrons. The summed E-state index contributed by atoms with van der Waals surface area (Å²) in [4.78, 5) is 14.0. The Morgan fingerprint density at radius 3 is 2.55 bits per heavy atom. The quantitative estimate of drug-likeness (QED) is 0.317. The van der Waals surface area contributed by atoms with E-state index in [2.05, 4.69) is 80.9 Å². The number of amides is 1. The van der Waals surface area contributed by atoms with E-state index in [-0.39, 0.29) is 11.2 Å². The van der Waals surface area contributed by atoms with Crippen LogP contribution in [0.15, 0.2) is 77.3 Å². The van der Waals surface area contributed by atoms with Crippen LogP contribution in [0.1, 0.15) is 34.3 Å². The summed E-state index contributed by atoms with van der Waals surface area (Å²) in [6.07, 6.45) is 1.63. The van der Waals surface area contributed by atoms with E-state index in [1.165, 1.54) is 27.8 Å². The molecule has 2 aromatic heterocycles. The zero-order valence-electron chi connectivity index (χ0n) is 18.9. The minimum absolute atomic E-state index is 0.00186. The number of aryl methyl sites for hydroxylation is 2. The van der Waals surface area contributed by atoms with E-state index in [4.69, 9.17) is 0 Å². The van der Waals surface area contributed by atoms with Gasteiger partial charge in [0.05, 0.1) is 5.25 Å². The third-order valence-electron chi connectivity index (χ3n) is 5.41. The van der Waals surface area contributed by atoms with E-state index < -0.39 is 0 Å². The van der Waals surface area contributed by atoms with E-state index in [1.807, 2.05) is 25.1 Å². The van der Waals surface area contributed by atoms with E-state index in [0.29, 0.717) is 6.54 Å². The monoisotopic (exact) mass is 476 g/mol. The normalized spacial score (nSPS) is 11.9. The average Bonchev–Trinajstić information content (AvgIpc) is 3.48. The van der Waals surface area contributed by atoms with E-state index in [0.717, 1.165) is 35.9 Å². The van der Waals surface area contributed by atoms with Crippen molar-refractivity contribution in [2.24, 2.45) is 0 Å². The van der Waals surface area contributed by atoms with Crippen LogP contribution < -0.4 is 5.32 Å². The van der Waals surface area contributed by atoms with Crippen LogP contribution in [0, 0.1) is 6.92 Å². The van der Waals surface area contributed by atoms with Gasteiger partial charge in [-0.15, -0.1) is 21.5 Å². The fraction of sp³-hybridized carbons (Fsp3) is 0.269. The van der Waals surface area contributed by atoms with E-state index in [9.17, 15) is 4.79 Å². The standard InChI is InChI=1S/C26H28N4OS2/c1-19-10-12-22(13-11-19)18-27-25(31)20(2)33-26-29-28-24(17-23-9-6-16-32-23)30(26)15-14-21-7-4-3-5-8-21/h3-13,16,20H,14-15,17-18H2,1-2H3,(H,27,31). The van der Waals surface area contributed by atoms with Crippen molar-refractivity contribution in [1.82, 2.24) is 20.1 Å². The topological polar surface area (TPSA) is 59.8 Å². The minimum Gasteiger partial charge on any atom is -0.351 e. The summed E-state index contributed by atoms with van der Waals surface area (Å²) in [5.41, 5.74) is 3.57. The molecule has 1 atom stereocenters. The molecular formula is C26H28N4OS2. The Hall–Kier alpha value is -2.90. The first-order valence-corrected chi connectivity index (χ1v) is 12.8. The van der Waals surface area contributed by atoms with Crippen molar-refractivity contribution in [3.8, 4) is 0 Å². The molecule has 2 heterocycles. The van der Waals surface area contributed by atoms with Gasteiger partial charge in [-0.25, -0.2) is 0 Å². The van der Waals surface area contributed by atoms with Gasteiger partial charge in [0.2, 0.25) is 5.91 Å². The van der Waals surface area contributed by atoms with Crippen molar-refractivity contribution < 1.29 is 4.79 Å². The van der Waals surface area contributed by atoms with Crippen LogP contribution in [0.5, 0.6) is 0 Å². The largest absolute Gasteiger partial charge is 0.351 e. The van der Waals surface area contributed by atoms with Crippen molar-refractivity contribution in [1.29, 1.82) is 0 Å². The van der Waals surface area contributed by atoms with E-state index in [1.54, 1.807) is 11.3 Å². The first-order valence-electron chi connectivity index (χ1n) is 11.1. The van der Waals surface area contributed by atoms with Gasteiger partial charge in [-0.05, 0) is 42.8 Å². The summed E-state index contributed by atoms with van der Waals surface area (Å²) >= 11 is 3.19. The van der Waals surface area contributed by atoms with Crippen LogP contribution in [-0.4, -0.2) is 25.9 Å². The summed E-state index contributed by atoms with van der Waals surface area (Å²) in [6.45, 7) is 5.28. The Kier molecular flexibility index (Phi) is 7.96. The van der Waals surface area contributed by atoms with Crippen LogP contribution in [0.3, 0.4) is 0 Å². The highest BCUT2D eigenvalue weighted by atomic mass is 32.2. The van der Waals surface area contributed by atoms with Crippen molar-refractivity contribution in [3.63, 3.8) is 0 Å². The maximum Gasteiger partial charge on any atom is 0.233 e. The summed E-state index contributed by atoms with van der Waals surface area (Å²) in [6, 6.07) is 22.8. The molecule has 0 aliphatic rings. The van der Waals surface area contributed by atoms with Gasteiger partial charge in [0, 0.05) is 24.4 Å². The lowest BCUT2D eigenvalue weighted by Gasteiger charge is -2.14. The molecule has 0 fully saturated rings. The van der Waals surface area contributed by atoms with Gasteiger partial charge in [-0.2, -0.15) is 0 Å². The fourth-order valence-corrected chi connectivity index (χ4v) is 5.09. The highest BCUT2D eigenvalue weighted by Crippen LogP contribution is 2.25. The number of thioether (sulfide) groups is 1. The summed E-state index contributed by atoms with van der Waals surface area (Å²) < 4.78 is 2.17. The number of aromatic nitrogens is 3. The number of rotatable bonds is 10. The second-order valence-electron chi connectivity index (χ2n) is 8.01. The van der Waals surface area contributed by atoms with Crippen LogP contribution >= 0.6 is 23.1 Å². The summed E-state index contributed by atoms with van der Waals surface area (Å²) in [7, 11) is 0. The van der Waals surface area contributed by atoms with Crippen LogP contribution in [0.25, 0.3) is 0 Å². The SMILES string of the molecule is Cc1ccc(CNC(=O)C(C)Sc2nnc(Cc3cccs3)n2CCc2ccccc2)cc1. The Labute approximate surface area is 203 Å². The van der Waals surface area contributed by atoms with Crippen LogP contribution in [-0.2, 0) is 30.7 Å². The number of carbonyl (C=O) groups excluding carboxylic acids is 1. The van der Waals surface area contributed by atoms with Gasteiger partial charge in [0.1, 0.15) is 5.82 Å².